The van der Waals surface area contributed by atoms with Gasteiger partial charge in [0, 0.05) is 49.6 Å². The van der Waals surface area contributed by atoms with Crippen LogP contribution in [0.4, 0.5) is 0 Å². The Morgan fingerprint density at radius 1 is 1.25 bits per heavy atom. The maximum Gasteiger partial charge on any atom is 0.312 e. The largest absolute Gasteiger partial charge is 0.487 e. The van der Waals surface area contributed by atoms with Gasteiger partial charge in [-0.25, -0.2) is 9.67 Å². The number of hydrogen-bond donors (Lipinski definition) is 1. The van der Waals surface area contributed by atoms with Crippen molar-refractivity contribution in [1.29, 1.82) is 0 Å². The Morgan fingerprint density at radius 2 is 2.07 bits per heavy atom. The molecule has 0 bridgehead atoms. The summed E-state index contributed by atoms with van der Waals surface area (Å²) in [4.78, 5) is 35.7. The number of rotatable bonds is 7. The van der Waals surface area contributed by atoms with Crippen LogP contribution in [0.3, 0.4) is 0 Å². The number of nitrogens with one attached hydrogen (secondary N) is 1. The number of aromatic amines is 1. The molecule has 0 saturated heterocycles. The average molecular weight is 613 g/mol. The topological polar surface area (TPSA) is 115 Å². The molecule has 5 heterocycles. The van der Waals surface area contributed by atoms with E-state index in [-0.39, 0.29) is 23.6 Å². The van der Waals surface area contributed by atoms with Gasteiger partial charge >= 0.3 is 5.97 Å². The van der Waals surface area contributed by atoms with Gasteiger partial charge in [0.05, 0.1) is 18.2 Å². The number of hydrogen-bond acceptors (Lipinski definition) is 9. The maximum absolute atomic E-state index is 13.4. The summed E-state index contributed by atoms with van der Waals surface area (Å²) in [6.45, 7) is 7.89. The van der Waals surface area contributed by atoms with Crippen LogP contribution < -0.4 is 10.3 Å². The van der Waals surface area contributed by atoms with E-state index in [1.54, 1.807) is 22.1 Å². The predicted octanol–water partition coefficient (Wildman–Crippen LogP) is 5.08. The van der Waals surface area contributed by atoms with Crippen molar-refractivity contribution in [2.45, 2.75) is 58.7 Å². The van der Waals surface area contributed by atoms with Crippen molar-refractivity contribution < 1.29 is 14.3 Å². The van der Waals surface area contributed by atoms with E-state index in [1.807, 2.05) is 34.0 Å². The third-order valence-corrected chi connectivity index (χ3v) is 10.2. The van der Waals surface area contributed by atoms with Gasteiger partial charge in [0.25, 0.3) is 0 Å². The monoisotopic (exact) mass is 612 g/mol. The second-order valence-corrected chi connectivity index (χ2v) is 13.6. The van der Waals surface area contributed by atoms with E-state index in [4.69, 9.17) is 14.5 Å². The molecule has 44 heavy (non-hydrogen) atoms. The average Bonchev–Trinajstić information content (AvgIpc) is 3.66. The lowest BCUT2D eigenvalue weighted by Crippen LogP contribution is -2.35. The van der Waals surface area contributed by atoms with Crippen molar-refractivity contribution in [2.75, 3.05) is 13.7 Å². The van der Waals surface area contributed by atoms with Crippen molar-refractivity contribution in [3.63, 3.8) is 0 Å². The molecular weight excluding hydrogens is 576 g/mol. The van der Waals surface area contributed by atoms with Gasteiger partial charge in [0.1, 0.15) is 17.4 Å². The molecule has 1 aromatic carbocycles. The molecule has 228 valence electrons. The second-order valence-electron chi connectivity index (χ2n) is 12.7. The Morgan fingerprint density at radius 3 is 2.84 bits per heavy atom. The van der Waals surface area contributed by atoms with Crippen LogP contribution >= 0.6 is 11.3 Å². The number of aryl methyl sites for hydroxylation is 2. The van der Waals surface area contributed by atoms with Crippen LogP contribution in [-0.4, -0.2) is 55.6 Å². The molecule has 1 N–H and O–H groups in total. The zero-order valence-corrected chi connectivity index (χ0v) is 26.4. The van der Waals surface area contributed by atoms with Crippen LogP contribution in [0.5, 0.6) is 5.75 Å². The number of carbonyl (C=O) groups excluding carboxylic acids is 1. The van der Waals surface area contributed by atoms with Crippen LogP contribution in [0.15, 0.2) is 46.7 Å². The summed E-state index contributed by atoms with van der Waals surface area (Å²) in [6, 6.07) is 9.90. The molecule has 10 nitrogen and oxygen atoms in total. The van der Waals surface area contributed by atoms with Gasteiger partial charge in [-0.2, -0.15) is 0 Å². The fourth-order valence-corrected chi connectivity index (χ4v) is 7.66. The molecule has 11 heteroatoms. The normalized spacial score (nSPS) is 18.2. The molecule has 2 atom stereocenters. The zero-order chi connectivity index (χ0) is 30.7. The molecule has 0 spiro atoms. The number of aromatic nitrogens is 5. The van der Waals surface area contributed by atoms with Gasteiger partial charge in [-0.3, -0.25) is 14.5 Å². The fraction of sp³-hybridized carbons (Fsp3) is 0.424. The number of methoxy groups -OCH3 is 1. The minimum Gasteiger partial charge on any atom is -0.487 e. The minimum absolute atomic E-state index is 0.0719. The van der Waals surface area contributed by atoms with Gasteiger partial charge in [-0.15, -0.1) is 16.4 Å². The summed E-state index contributed by atoms with van der Waals surface area (Å²) in [7, 11) is 3.26. The number of H-pyrrole nitrogens is 1. The van der Waals surface area contributed by atoms with Gasteiger partial charge in [-0.1, -0.05) is 11.3 Å². The Hall–Kier alpha value is -4.09. The first kappa shape index (κ1) is 28.7. The van der Waals surface area contributed by atoms with Gasteiger partial charge in [0.2, 0.25) is 5.56 Å². The summed E-state index contributed by atoms with van der Waals surface area (Å²) in [6.07, 6.45) is 4.25. The first-order valence-corrected chi connectivity index (χ1v) is 15.9. The van der Waals surface area contributed by atoms with E-state index in [2.05, 4.69) is 43.8 Å². The lowest BCUT2D eigenvalue weighted by molar-refractivity contribution is -0.151. The second kappa shape index (κ2) is 10.8. The summed E-state index contributed by atoms with van der Waals surface area (Å²) in [5.74, 6) is 0.632. The molecule has 1 fully saturated rings. The Balaban J connectivity index is 1.34. The third kappa shape index (κ3) is 4.97. The number of nitrogens with zero attached hydrogens (tertiary/aromatic N) is 5. The number of ether oxygens (including phenoxy) is 2. The van der Waals surface area contributed by atoms with Crippen molar-refractivity contribution >= 4 is 38.6 Å². The smallest absolute Gasteiger partial charge is 0.312 e. The molecule has 5 aromatic rings. The summed E-state index contributed by atoms with van der Waals surface area (Å²) in [5, 5.41) is 11.8. The first-order chi connectivity index (χ1) is 21.1. The lowest BCUT2D eigenvalue weighted by atomic mass is 9.70. The molecule has 2 aliphatic rings. The summed E-state index contributed by atoms with van der Waals surface area (Å²) < 4.78 is 14.7. The van der Waals surface area contributed by atoms with E-state index in [1.165, 1.54) is 23.4 Å². The van der Waals surface area contributed by atoms with E-state index in [9.17, 15) is 9.59 Å². The number of pyridine rings is 2. The first-order valence-electron chi connectivity index (χ1n) is 15.0. The van der Waals surface area contributed by atoms with Crippen LogP contribution in [0.25, 0.3) is 21.3 Å². The summed E-state index contributed by atoms with van der Waals surface area (Å²) >= 11 is 1.72. The number of benzene rings is 1. The molecule has 1 aliphatic carbocycles. The molecule has 0 amide bonds. The third-order valence-electron chi connectivity index (χ3n) is 9.24. The van der Waals surface area contributed by atoms with Crippen molar-refractivity contribution in [2.24, 2.45) is 18.4 Å². The molecule has 0 unspecified atom stereocenters. The molecule has 1 saturated carbocycles. The lowest BCUT2D eigenvalue weighted by Gasteiger charge is -2.34. The van der Waals surface area contributed by atoms with Crippen LogP contribution in [0.2, 0.25) is 0 Å². The van der Waals surface area contributed by atoms with Crippen LogP contribution in [-0.2, 0) is 29.7 Å². The van der Waals surface area contributed by atoms with E-state index in [0.29, 0.717) is 24.7 Å². The Kier molecular flexibility index (Phi) is 7.05. The summed E-state index contributed by atoms with van der Waals surface area (Å²) in [5.41, 5.74) is 5.21. The standard InChI is InChI=1S/C33H36N6O4S/c1-18-23(14-34-31-29(18)36-37-38(31)4)28(33(2,3)32(41)42-5)21-12-20-10-11-44-30(20)22(13-21)15-39-16-24-25(8-9-27(40)35-24)43-26(17-39)19-6-7-19/h8-14,19,26,28H,6-7,15-17H2,1-5H3,(H,35,40)/t26-,28-/m0/s1. The molecular formula is C33H36N6O4S. The number of esters is 1. The predicted molar refractivity (Wildman–Crippen MR) is 169 cm³/mol. The highest BCUT2D eigenvalue weighted by molar-refractivity contribution is 7.17. The van der Waals surface area contributed by atoms with Gasteiger partial charge in [-0.05, 0) is 90.7 Å². The van der Waals surface area contributed by atoms with Crippen LogP contribution in [0.1, 0.15) is 60.6 Å². The fourth-order valence-electron chi connectivity index (χ4n) is 6.78. The molecule has 7 rings (SSSR count). The number of thiophene rings is 1. The number of fused-ring (bicyclic) bond motifs is 3. The Bertz CT molecular complexity index is 1960. The van der Waals surface area contributed by atoms with Crippen LogP contribution in [0, 0.1) is 18.3 Å². The van der Waals surface area contributed by atoms with Crippen molar-refractivity contribution in [3.05, 3.63) is 80.2 Å². The van der Waals surface area contributed by atoms with Gasteiger partial charge in [0.15, 0.2) is 5.65 Å². The molecule has 1 aliphatic heterocycles. The highest BCUT2D eigenvalue weighted by Crippen LogP contribution is 2.46. The minimum atomic E-state index is -0.913. The number of carbonyl (C=O) groups is 1. The van der Waals surface area contributed by atoms with E-state index >= 15 is 0 Å². The SMILES string of the molecule is COC(=O)C(C)(C)[C@@H](c1cc(CN2Cc3[nH]c(=O)ccc3O[C@H](C3CC3)C2)c2sccc2c1)c1cnc2c(nnn2C)c1C. The highest BCUT2D eigenvalue weighted by atomic mass is 32.1. The quantitative estimate of drug-likeness (QED) is 0.253. The zero-order valence-electron chi connectivity index (χ0n) is 25.6. The van der Waals surface area contributed by atoms with Crippen molar-refractivity contribution in [3.8, 4) is 5.75 Å². The van der Waals surface area contributed by atoms with E-state index < -0.39 is 5.41 Å². The Labute approximate surface area is 259 Å². The molecule has 4 aromatic heterocycles. The maximum atomic E-state index is 13.4. The van der Waals surface area contributed by atoms with Crippen molar-refractivity contribution in [1.82, 2.24) is 29.9 Å². The molecule has 0 radical (unpaired) electrons. The highest BCUT2D eigenvalue weighted by Gasteiger charge is 2.42. The van der Waals surface area contributed by atoms with E-state index in [0.717, 1.165) is 58.4 Å². The van der Waals surface area contributed by atoms with Gasteiger partial charge < -0.3 is 14.5 Å².